The van der Waals surface area contributed by atoms with Crippen molar-refractivity contribution in [1.29, 1.82) is 0 Å². The highest BCUT2D eigenvalue weighted by Gasteiger charge is 2.18. The lowest BCUT2D eigenvalue weighted by molar-refractivity contribution is 0.171. The van der Waals surface area contributed by atoms with Crippen LogP contribution in [0.25, 0.3) is 0 Å². The van der Waals surface area contributed by atoms with Crippen molar-refractivity contribution in [2.45, 2.75) is 26.4 Å². The quantitative estimate of drug-likeness (QED) is 0.873. The molecule has 0 unspecified atom stereocenters. The molecule has 3 rings (SSSR count). The van der Waals surface area contributed by atoms with Gasteiger partial charge in [-0.2, -0.15) is 0 Å². The van der Waals surface area contributed by atoms with Gasteiger partial charge < -0.3 is 20.1 Å². The second-order valence-corrected chi connectivity index (χ2v) is 6.44. The maximum absolute atomic E-state index is 12.3. The van der Waals surface area contributed by atoms with Crippen LogP contribution < -0.4 is 20.1 Å². The summed E-state index contributed by atoms with van der Waals surface area (Å²) >= 11 is 0. The third kappa shape index (κ3) is 4.44. The summed E-state index contributed by atoms with van der Waals surface area (Å²) in [5.74, 6) is 1.78. The van der Waals surface area contributed by atoms with Crippen molar-refractivity contribution in [3.8, 4) is 11.5 Å². The molecular formula is C20H24N2O3. The number of carbonyl (C=O) groups excluding carboxylic acids is 1. The van der Waals surface area contributed by atoms with Crippen molar-refractivity contribution in [2.24, 2.45) is 5.92 Å². The molecule has 0 fully saturated rings. The van der Waals surface area contributed by atoms with Gasteiger partial charge in [0.15, 0.2) is 11.5 Å². The van der Waals surface area contributed by atoms with Crippen molar-refractivity contribution >= 4 is 6.03 Å². The predicted octanol–water partition coefficient (Wildman–Crippen LogP) is 3.65. The fourth-order valence-electron chi connectivity index (χ4n) is 2.87. The number of hydrogen-bond donors (Lipinski definition) is 2. The first kappa shape index (κ1) is 17.1. The molecule has 0 bridgehead atoms. The van der Waals surface area contributed by atoms with Gasteiger partial charge in [-0.25, -0.2) is 4.79 Å². The lowest BCUT2D eigenvalue weighted by Crippen LogP contribution is -2.39. The average molecular weight is 340 g/mol. The molecule has 0 aliphatic carbocycles. The second-order valence-electron chi connectivity index (χ2n) is 6.44. The Morgan fingerprint density at radius 2 is 1.76 bits per heavy atom. The van der Waals surface area contributed by atoms with Gasteiger partial charge in [0.2, 0.25) is 0 Å². The lowest BCUT2D eigenvalue weighted by atomic mass is 9.96. The Bertz CT molecular complexity index is 716. The SMILES string of the molecule is CC(C)[C@H](NC(=O)NCc1ccc2c(c1)OCCO2)c1ccccc1. The number of amides is 2. The highest BCUT2D eigenvalue weighted by atomic mass is 16.6. The Labute approximate surface area is 148 Å². The molecule has 2 N–H and O–H groups in total. The molecule has 2 amide bonds. The fraction of sp³-hybridized carbons (Fsp3) is 0.350. The molecule has 1 heterocycles. The van der Waals surface area contributed by atoms with Crippen LogP contribution in [0, 0.1) is 5.92 Å². The van der Waals surface area contributed by atoms with Gasteiger partial charge in [-0.15, -0.1) is 0 Å². The summed E-state index contributed by atoms with van der Waals surface area (Å²) in [5.41, 5.74) is 2.08. The largest absolute Gasteiger partial charge is 0.486 e. The summed E-state index contributed by atoms with van der Waals surface area (Å²) in [5, 5.41) is 5.97. The Morgan fingerprint density at radius 3 is 2.48 bits per heavy atom. The Balaban J connectivity index is 1.58. The highest BCUT2D eigenvalue weighted by Crippen LogP contribution is 2.30. The van der Waals surface area contributed by atoms with E-state index in [1.807, 2.05) is 48.5 Å². The van der Waals surface area contributed by atoms with E-state index in [0.29, 0.717) is 25.7 Å². The normalized spacial score (nSPS) is 14.0. The summed E-state index contributed by atoms with van der Waals surface area (Å²) in [6.45, 7) is 5.75. The Hall–Kier alpha value is -2.69. The zero-order valence-corrected chi connectivity index (χ0v) is 14.6. The highest BCUT2D eigenvalue weighted by molar-refractivity contribution is 5.74. The molecule has 2 aromatic carbocycles. The van der Waals surface area contributed by atoms with Crippen LogP contribution in [0.5, 0.6) is 11.5 Å². The van der Waals surface area contributed by atoms with Crippen LogP contribution in [0.15, 0.2) is 48.5 Å². The van der Waals surface area contributed by atoms with Crippen molar-refractivity contribution in [1.82, 2.24) is 10.6 Å². The number of benzene rings is 2. The monoisotopic (exact) mass is 340 g/mol. The lowest BCUT2D eigenvalue weighted by Gasteiger charge is -2.23. The molecule has 1 aliphatic heterocycles. The van der Waals surface area contributed by atoms with Crippen LogP contribution >= 0.6 is 0 Å². The first-order valence-electron chi connectivity index (χ1n) is 8.61. The van der Waals surface area contributed by atoms with E-state index in [4.69, 9.17) is 9.47 Å². The van der Waals surface area contributed by atoms with Gasteiger partial charge in [-0.05, 0) is 29.2 Å². The first-order valence-corrected chi connectivity index (χ1v) is 8.61. The van der Waals surface area contributed by atoms with Crippen LogP contribution in [0.1, 0.15) is 31.0 Å². The van der Waals surface area contributed by atoms with E-state index >= 15 is 0 Å². The van der Waals surface area contributed by atoms with E-state index in [9.17, 15) is 4.79 Å². The second kappa shape index (κ2) is 7.92. The molecular weight excluding hydrogens is 316 g/mol. The van der Waals surface area contributed by atoms with Crippen LogP contribution in [-0.4, -0.2) is 19.2 Å². The third-order valence-corrected chi connectivity index (χ3v) is 4.17. The predicted molar refractivity (Wildman–Crippen MR) is 96.8 cm³/mol. The van der Waals surface area contributed by atoms with E-state index in [1.54, 1.807) is 0 Å². The van der Waals surface area contributed by atoms with Crippen LogP contribution in [0.2, 0.25) is 0 Å². The molecule has 5 heteroatoms. The van der Waals surface area contributed by atoms with Gasteiger partial charge in [0.25, 0.3) is 0 Å². The molecule has 2 aromatic rings. The van der Waals surface area contributed by atoms with Crippen molar-refractivity contribution in [2.75, 3.05) is 13.2 Å². The summed E-state index contributed by atoms with van der Waals surface area (Å²) in [6, 6.07) is 15.5. The maximum atomic E-state index is 12.3. The van der Waals surface area contributed by atoms with Crippen molar-refractivity contribution < 1.29 is 14.3 Å². The van der Waals surface area contributed by atoms with E-state index in [-0.39, 0.29) is 12.1 Å². The van der Waals surface area contributed by atoms with Crippen LogP contribution in [0.4, 0.5) is 4.79 Å². The zero-order chi connectivity index (χ0) is 17.6. The number of rotatable bonds is 5. The standard InChI is InChI=1S/C20H24N2O3/c1-14(2)19(16-6-4-3-5-7-16)22-20(23)21-13-15-8-9-17-18(12-15)25-11-10-24-17/h3-9,12,14,19H,10-11,13H2,1-2H3,(H2,21,22,23)/t19-/m0/s1. The van der Waals surface area contributed by atoms with Crippen molar-refractivity contribution in [3.05, 3.63) is 59.7 Å². The minimum Gasteiger partial charge on any atom is -0.486 e. The molecule has 0 saturated heterocycles. The number of hydrogen-bond acceptors (Lipinski definition) is 3. The summed E-state index contributed by atoms with van der Waals surface area (Å²) in [6.07, 6.45) is 0. The molecule has 1 atom stereocenters. The smallest absolute Gasteiger partial charge is 0.315 e. The molecule has 0 radical (unpaired) electrons. The zero-order valence-electron chi connectivity index (χ0n) is 14.6. The maximum Gasteiger partial charge on any atom is 0.315 e. The molecule has 0 saturated carbocycles. The molecule has 25 heavy (non-hydrogen) atoms. The summed E-state index contributed by atoms with van der Waals surface area (Å²) < 4.78 is 11.1. The molecule has 0 aromatic heterocycles. The summed E-state index contributed by atoms with van der Waals surface area (Å²) in [7, 11) is 0. The number of nitrogens with one attached hydrogen (secondary N) is 2. The molecule has 0 spiro atoms. The van der Waals surface area contributed by atoms with Gasteiger partial charge in [-0.1, -0.05) is 50.2 Å². The Kier molecular flexibility index (Phi) is 5.43. The van der Waals surface area contributed by atoms with E-state index in [0.717, 1.165) is 22.6 Å². The summed E-state index contributed by atoms with van der Waals surface area (Å²) in [4.78, 5) is 12.3. The van der Waals surface area contributed by atoms with Gasteiger partial charge in [0.05, 0.1) is 6.04 Å². The minimum atomic E-state index is -0.183. The molecule has 132 valence electrons. The number of ether oxygens (including phenoxy) is 2. The van der Waals surface area contributed by atoms with Crippen LogP contribution in [0.3, 0.4) is 0 Å². The Morgan fingerprint density at radius 1 is 1.04 bits per heavy atom. The van der Waals surface area contributed by atoms with Crippen LogP contribution in [-0.2, 0) is 6.54 Å². The van der Waals surface area contributed by atoms with Gasteiger partial charge in [0, 0.05) is 6.54 Å². The number of carbonyl (C=O) groups is 1. The van der Waals surface area contributed by atoms with Gasteiger partial charge in [-0.3, -0.25) is 0 Å². The topological polar surface area (TPSA) is 59.6 Å². The van der Waals surface area contributed by atoms with Gasteiger partial charge >= 0.3 is 6.03 Å². The van der Waals surface area contributed by atoms with Crippen molar-refractivity contribution in [3.63, 3.8) is 0 Å². The average Bonchev–Trinajstić information content (AvgIpc) is 2.64. The minimum absolute atomic E-state index is 0.0264. The van der Waals surface area contributed by atoms with E-state index in [1.165, 1.54) is 0 Å². The van der Waals surface area contributed by atoms with E-state index < -0.39 is 0 Å². The number of fused-ring (bicyclic) bond motifs is 1. The number of urea groups is 1. The van der Waals surface area contributed by atoms with E-state index in [2.05, 4.69) is 24.5 Å². The third-order valence-electron chi connectivity index (χ3n) is 4.17. The van der Waals surface area contributed by atoms with Gasteiger partial charge in [0.1, 0.15) is 13.2 Å². The molecule has 1 aliphatic rings. The first-order chi connectivity index (χ1) is 12.1. The molecule has 5 nitrogen and oxygen atoms in total. The fourth-order valence-corrected chi connectivity index (χ4v) is 2.87.